The molecule has 0 aliphatic carbocycles. The number of carbonyl (C=O) groups is 1. The average molecular weight is 279 g/mol. The van der Waals surface area contributed by atoms with Crippen molar-refractivity contribution in [2.24, 2.45) is 0 Å². The quantitative estimate of drug-likeness (QED) is 0.718. The van der Waals surface area contributed by atoms with Gasteiger partial charge in [-0.05, 0) is 58.2 Å². The van der Waals surface area contributed by atoms with Crippen LogP contribution in [-0.2, 0) is 4.79 Å². The molecule has 0 heterocycles. The fourth-order valence-corrected chi connectivity index (χ4v) is 2.12. The Hall–Kier alpha value is -1.55. The highest BCUT2D eigenvalue weighted by atomic mass is 16.5. The van der Waals surface area contributed by atoms with E-state index in [-0.39, 0.29) is 0 Å². The van der Waals surface area contributed by atoms with Gasteiger partial charge in [-0.1, -0.05) is 18.2 Å². The maximum absolute atomic E-state index is 11.1. The van der Waals surface area contributed by atoms with Crippen LogP contribution in [0.15, 0.2) is 18.2 Å². The molecule has 0 saturated carbocycles. The van der Waals surface area contributed by atoms with E-state index in [1.807, 2.05) is 32.0 Å². The third-order valence-electron chi connectivity index (χ3n) is 3.75. The molecule has 0 aliphatic heterocycles. The lowest BCUT2D eigenvalue weighted by atomic mass is 9.95. The number of aryl methyl sites for hydroxylation is 2. The largest absolute Gasteiger partial charge is 0.493 e. The average Bonchev–Trinajstić information content (AvgIpc) is 2.40. The van der Waals surface area contributed by atoms with Gasteiger partial charge in [-0.25, -0.2) is 0 Å². The van der Waals surface area contributed by atoms with E-state index >= 15 is 0 Å². The number of benzene rings is 1. The van der Waals surface area contributed by atoms with Crippen molar-refractivity contribution in [1.82, 2.24) is 5.32 Å². The molecule has 1 unspecified atom stereocenters. The first-order chi connectivity index (χ1) is 9.40. The molecule has 0 spiro atoms. The van der Waals surface area contributed by atoms with Crippen LogP contribution >= 0.6 is 0 Å². The van der Waals surface area contributed by atoms with Crippen LogP contribution < -0.4 is 10.1 Å². The zero-order chi connectivity index (χ0) is 15.2. The van der Waals surface area contributed by atoms with Crippen molar-refractivity contribution in [2.75, 3.05) is 13.7 Å². The van der Waals surface area contributed by atoms with Gasteiger partial charge in [0.15, 0.2) is 0 Å². The summed E-state index contributed by atoms with van der Waals surface area (Å²) in [5.74, 6) is 0.137. The number of carboxylic acids is 1. The fourth-order valence-electron chi connectivity index (χ4n) is 2.12. The molecule has 1 atom stereocenters. The molecule has 0 amide bonds. The van der Waals surface area contributed by atoms with E-state index in [4.69, 9.17) is 9.84 Å². The summed E-state index contributed by atoms with van der Waals surface area (Å²) >= 11 is 0. The molecule has 4 nitrogen and oxygen atoms in total. The van der Waals surface area contributed by atoms with Crippen molar-refractivity contribution in [3.8, 4) is 5.75 Å². The molecule has 0 aliphatic rings. The van der Waals surface area contributed by atoms with Crippen LogP contribution in [0.4, 0.5) is 0 Å². The summed E-state index contributed by atoms with van der Waals surface area (Å²) in [6.07, 6.45) is 2.25. The third kappa shape index (κ3) is 4.23. The minimum Gasteiger partial charge on any atom is -0.493 e. The van der Waals surface area contributed by atoms with Gasteiger partial charge < -0.3 is 15.2 Å². The second-order valence-electron chi connectivity index (χ2n) is 5.41. The van der Waals surface area contributed by atoms with Crippen LogP contribution in [0, 0.1) is 13.8 Å². The van der Waals surface area contributed by atoms with Gasteiger partial charge in [0.2, 0.25) is 0 Å². The number of ether oxygens (including phenoxy) is 1. The van der Waals surface area contributed by atoms with Gasteiger partial charge in [0.05, 0.1) is 6.61 Å². The lowest BCUT2D eigenvalue weighted by Gasteiger charge is -2.24. The summed E-state index contributed by atoms with van der Waals surface area (Å²) in [7, 11) is 1.68. The van der Waals surface area contributed by atoms with Crippen LogP contribution in [-0.4, -0.2) is 30.3 Å². The molecule has 4 heteroatoms. The second kappa shape index (κ2) is 7.29. The SMILES string of the molecule is CNC(C)(CCCCOc1c(C)cccc1C)C(=O)O. The van der Waals surface area contributed by atoms with E-state index in [9.17, 15) is 4.79 Å². The first kappa shape index (κ1) is 16.5. The lowest BCUT2D eigenvalue weighted by molar-refractivity contribution is -0.144. The van der Waals surface area contributed by atoms with Gasteiger partial charge >= 0.3 is 5.97 Å². The Kier molecular flexibility index (Phi) is 6.02. The highest BCUT2D eigenvalue weighted by Gasteiger charge is 2.30. The van der Waals surface area contributed by atoms with E-state index in [2.05, 4.69) is 5.32 Å². The third-order valence-corrected chi connectivity index (χ3v) is 3.75. The zero-order valence-electron chi connectivity index (χ0n) is 12.8. The Morgan fingerprint density at radius 2 is 1.90 bits per heavy atom. The minimum absolute atomic E-state index is 0.592. The number of aliphatic carboxylic acids is 1. The van der Waals surface area contributed by atoms with E-state index in [0.29, 0.717) is 13.0 Å². The molecule has 2 N–H and O–H groups in total. The Morgan fingerprint density at radius 1 is 1.30 bits per heavy atom. The summed E-state index contributed by atoms with van der Waals surface area (Å²) in [5, 5.41) is 12.0. The number of rotatable bonds is 8. The van der Waals surface area contributed by atoms with E-state index in [1.165, 1.54) is 0 Å². The van der Waals surface area contributed by atoms with Crippen molar-refractivity contribution in [3.63, 3.8) is 0 Å². The maximum Gasteiger partial charge on any atom is 0.323 e. The number of likely N-dealkylation sites (N-methyl/N-ethyl adjacent to an activating group) is 1. The Balaban J connectivity index is 2.38. The molecule has 0 bridgehead atoms. The van der Waals surface area contributed by atoms with Crippen LogP contribution in [0.25, 0.3) is 0 Å². The number of carboxylic acid groups (broad SMARTS) is 1. The predicted octanol–water partition coefficient (Wildman–Crippen LogP) is 2.92. The van der Waals surface area contributed by atoms with Crippen LogP contribution in [0.1, 0.15) is 37.3 Å². The highest BCUT2D eigenvalue weighted by Crippen LogP contribution is 2.23. The van der Waals surface area contributed by atoms with E-state index in [0.717, 1.165) is 29.7 Å². The van der Waals surface area contributed by atoms with Crippen molar-refractivity contribution >= 4 is 5.97 Å². The van der Waals surface area contributed by atoms with Gasteiger partial charge in [0.25, 0.3) is 0 Å². The fraction of sp³-hybridized carbons (Fsp3) is 0.562. The summed E-state index contributed by atoms with van der Waals surface area (Å²) in [6, 6.07) is 6.08. The van der Waals surface area contributed by atoms with Gasteiger partial charge in [0.1, 0.15) is 11.3 Å². The first-order valence-electron chi connectivity index (χ1n) is 7.02. The number of hydrogen-bond donors (Lipinski definition) is 2. The predicted molar refractivity (Wildman–Crippen MR) is 80.4 cm³/mol. The van der Waals surface area contributed by atoms with E-state index in [1.54, 1.807) is 14.0 Å². The number of nitrogens with one attached hydrogen (secondary N) is 1. The molecular formula is C16H25NO3. The van der Waals surface area contributed by atoms with Crippen molar-refractivity contribution in [3.05, 3.63) is 29.3 Å². The molecular weight excluding hydrogens is 254 g/mol. The molecule has 1 aromatic rings. The molecule has 112 valence electrons. The smallest absolute Gasteiger partial charge is 0.323 e. The first-order valence-corrected chi connectivity index (χ1v) is 7.02. The van der Waals surface area contributed by atoms with Gasteiger partial charge in [-0.3, -0.25) is 4.79 Å². The molecule has 0 fully saturated rings. The maximum atomic E-state index is 11.1. The van der Waals surface area contributed by atoms with Gasteiger partial charge in [-0.2, -0.15) is 0 Å². The van der Waals surface area contributed by atoms with Gasteiger partial charge in [-0.15, -0.1) is 0 Å². The van der Waals surface area contributed by atoms with Crippen LogP contribution in [0.3, 0.4) is 0 Å². The Bertz CT molecular complexity index is 439. The van der Waals surface area contributed by atoms with Gasteiger partial charge in [0, 0.05) is 0 Å². The number of para-hydroxylation sites is 1. The minimum atomic E-state index is -0.849. The second-order valence-corrected chi connectivity index (χ2v) is 5.41. The standard InChI is InChI=1S/C16H25NO3/c1-12-8-7-9-13(2)14(12)20-11-6-5-10-16(3,17-4)15(18)19/h7-9,17H,5-6,10-11H2,1-4H3,(H,18,19). The number of unbranched alkanes of at least 4 members (excludes halogenated alkanes) is 1. The van der Waals surface area contributed by atoms with E-state index < -0.39 is 11.5 Å². The highest BCUT2D eigenvalue weighted by molar-refractivity contribution is 5.78. The Morgan fingerprint density at radius 3 is 2.40 bits per heavy atom. The molecule has 0 saturated heterocycles. The summed E-state index contributed by atoms with van der Waals surface area (Å²) in [5.41, 5.74) is 1.42. The normalized spacial score (nSPS) is 13.8. The molecule has 1 aromatic carbocycles. The monoisotopic (exact) mass is 279 g/mol. The molecule has 20 heavy (non-hydrogen) atoms. The summed E-state index contributed by atoms with van der Waals surface area (Å²) in [4.78, 5) is 11.1. The zero-order valence-corrected chi connectivity index (χ0v) is 12.8. The number of hydrogen-bond acceptors (Lipinski definition) is 3. The summed E-state index contributed by atoms with van der Waals surface area (Å²) in [6.45, 7) is 6.39. The van der Waals surface area contributed by atoms with Crippen molar-refractivity contribution in [2.45, 2.75) is 45.6 Å². The Labute approximate surface area is 121 Å². The molecule has 1 rings (SSSR count). The van der Waals surface area contributed by atoms with Crippen LogP contribution in [0.5, 0.6) is 5.75 Å². The lowest BCUT2D eigenvalue weighted by Crippen LogP contribution is -2.47. The topological polar surface area (TPSA) is 58.6 Å². The van der Waals surface area contributed by atoms with Crippen molar-refractivity contribution < 1.29 is 14.6 Å². The van der Waals surface area contributed by atoms with Crippen molar-refractivity contribution in [1.29, 1.82) is 0 Å². The van der Waals surface area contributed by atoms with Crippen LogP contribution in [0.2, 0.25) is 0 Å². The molecule has 0 radical (unpaired) electrons. The molecule has 0 aromatic heterocycles. The summed E-state index contributed by atoms with van der Waals surface area (Å²) < 4.78 is 5.81.